The van der Waals surface area contributed by atoms with Crippen LogP contribution in [0.1, 0.15) is 28.8 Å². The largest absolute Gasteiger partial charge is 0.496 e. The van der Waals surface area contributed by atoms with Gasteiger partial charge < -0.3 is 15.4 Å². The normalized spacial score (nSPS) is 12.2. The van der Waals surface area contributed by atoms with E-state index in [0.717, 1.165) is 30.4 Å². The van der Waals surface area contributed by atoms with Crippen LogP contribution < -0.4 is 15.4 Å². The molecule has 24 heavy (non-hydrogen) atoms. The van der Waals surface area contributed by atoms with E-state index >= 15 is 0 Å². The van der Waals surface area contributed by atoms with E-state index < -0.39 is 0 Å². The topological polar surface area (TPSA) is 45.7 Å². The molecule has 1 aromatic heterocycles. The number of halogens is 1. The second-order valence-electron chi connectivity index (χ2n) is 5.53. The monoisotopic (exact) mass is 459 g/mol. The van der Waals surface area contributed by atoms with Gasteiger partial charge in [-0.15, -0.1) is 35.3 Å². The SMILES string of the molecule is CN=C(NCc1ccc(OC)c(C)c1)NCC(C)c1cccs1.I. The van der Waals surface area contributed by atoms with E-state index in [1.165, 1.54) is 10.4 Å². The summed E-state index contributed by atoms with van der Waals surface area (Å²) in [5.41, 5.74) is 2.35. The summed E-state index contributed by atoms with van der Waals surface area (Å²) in [5, 5.41) is 8.85. The number of thiophene rings is 1. The molecule has 0 radical (unpaired) electrons. The van der Waals surface area contributed by atoms with Gasteiger partial charge in [-0.3, -0.25) is 4.99 Å². The molecule has 0 fully saturated rings. The van der Waals surface area contributed by atoms with Crippen LogP contribution in [0, 0.1) is 6.92 Å². The van der Waals surface area contributed by atoms with Gasteiger partial charge in [0, 0.05) is 30.9 Å². The first-order chi connectivity index (χ1) is 11.1. The minimum atomic E-state index is 0. The Kier molecular flexibility index (Phi) is 9.13. The number of aliphatic imine (C=N–C) groups is 1. The van der Waals surface area contributed by atoms with Gasteiger partial charge in [0.2, 0.25) is 0 Å². The minimum Gasteiger partial charge on any atom is -0.496 e. The van der Waals surface area contributed by atoms with Crippen molar-refractivity contribution in [2.45, 2.75) is 26.3 Å². The zero-order valence-electron chi connectivity index (χ0n) is 14.6. The molecule has 0 saturated carbocycles. The number of nitrogens with one attached hydrogen (secondary N) is 2. The van der Waals surface area contributed by atoms with E-state index in [-0.39, 0.29) is 24.0 Å². The average molecular weight is 459 g/mol. The van der Waals surface area contributed by atoms with Crippen molar-refractivity contribution in [3.05, 3.63) is 51.7 Å². The van der Waals surface area contributed by atoms with Crippen LogP contribution in [0.5, 0.6) is 5.75 Å². The summed E-state index contributed by atoms with van der Waals surface area (Å²) in [6.45, 7) is 5.87. The lowest BCUT2D eigenvalue weighted by atomic mass is 10.1. The Morgan fingerprint density at radius 2 is 2.08 bits per heavy atom. The van der Waals surface area contributed by atoms with Crippen LogP contribution in [-0.2, 0) is 6.54 Å². The van der Waals surface area contributed by atoms with E-state index in [0.29, 0.717) is 5.92 Å². The zero-order valence-corrected chi connectivity index (χ0v) is 17.8. The van der Waals surface area contributed by atoms with Gasteiger partial charge in [-0.2, -0.15) is 0 Å². The van der Waals surface area contributed by atoms with Gasteiger partial charge in [-0.25, -0.2) is 0 Å². The Morgan fingerprint density at radius 3 is 2.67 bits per heavy atom. The number of benzene rings is 1. The number of ether oxygens (including phenoxy) is 1. The molecule has 2 N–H and O–H groups in total. The molecule has 0 aliphatic heterocycles. The molecule has 0 amide bonds. The second kappa shape index (κ2) is 10.6. The summed E-state index contributed by atoms with van der Waals surface area (Å²) in [6.07, 6.45) is 0. The number of nitrogens with zero attached hydrogens (tertiary/aromatic N) is 1. The number of hydrogen-bond donors (Lipinski definition) is 2. The summed E-state index contributed by atoms with van der Waals surface area (Å²) in [7, 11) is 3.49. The van der Waals surface area contributed by atoms with Crippen molar-refractivity contribution in [3.63, 3.8) is 0 Å². The maximum atomic E-state index is 5.29. The average Bonchev–Trinajstić information content (AvgIpc) is 3.09. The van der Waals surface area contributed by atoms with Crippen molar-refractivity contribution in [1.82, 2.24) is 10.6 Å². The standard InChI is InChI=1S/C18H25N3OS.HI/c1-13-10-15(7-8-16(13)22-4)12-21-18(19-3)20-11-14(2)17-6-5-9-23-17;/h5-10,14H,11-12H2,1-4H3,(H2,19,20,21);1H. The number of aryl methyl sites for hydroxylation is 1. The molecule has 1 aromatic carbocycles. The lowest BCUT2D eigenvalue weighted by Crippen LogP contribution is -2.38. The maximum absolute atomic E-state index is 5.29. The molecule has 0 saturated heterocycles. The highest BCUT2D eigenvalue weighted by molar-refractivity contribution is 14.0. The molecule has 0 aliphatic rings. The highest BCUT2D eigenvalue weighted by Crippen LogP contribution is 2.20. The van der Waals surface area contributed by atoms with Crippen LogP contribution in [0.3, 0.4) is 0 Å². The van der Waals surface area contributed by atoms with E-state index in [4.69, 9.17) is 4.74 Å². The van der Waals surface area contributed by atoms with Gasteiger partial charge in [0.25, 0.3) is 0 Å². The van der Waals surface area contributed by atoms with Crippen molar-refractivity contribution in [2.75, 3.05) is 20.7 Å². The Balaban J connectivity index is 0.00000288. The van der Waals surface area contributed by atoms with Crippen LogP contribution in [0.4, 0.5) is 0 Å². The molecule has 2 rings (SSSR count). The van der Waals surface area contributed by atoms with Gasteiger partial charge in [0.15, 0.2) is 5.96 Å². The molecular formula is C18H26IN3OS. The Labute approximate surface area is 165 Å². The molecule has 2 aromatic rings. The summed E-state index contributed by atoms with van der Waals surface area (Å²) >= 11 is 1.79. The summed E-state index contributed by atoms with van der Waals surface area (Å²) in [5.74, 6) is 2.21. The highest BCUT2D eigenvalue weighted by Gasteiger charge is 2.07. The van der Waals surface area contributed by atoms with Crippen LogP contribution in [0.15, 0.2) is 40.7 Å². The maximum Gasteiger partial charge on any atom is 0.191 e. The smallest absolute Gasteiger partial charge is 0.191 e. The van der Waals surface area contributed by atoms with Gasteiger partial charge in [-0.1, -0.05) is 25.1 Å². The van der Waals surface area contributed by atoms with E-state index in [9.17, 15) is 0 Å². The molecule has 0 spiro atoms. The van der Waals surface area contributed by atoms with E-state index in [1.54, 1.807) is 25.5 Å². The van der Waals surface area contributed by atoms with Crippen molar-refractivity contribution < 1.29 is 4.74 Å². The molecule has 132 valence electrons. The van der Waals surface area contributed by atoms with Crippen molar-refractivity contribution in [3.8, 4) is 5.75 Å². The molecule has 0 aliphatic carbocycles. The van der Waals surface area contributed by atoms with Crippen molar-refractivity contribution in [1.29, 1.82) is 0 Å². The Bertz CT molecular complexity index is 644. The predicted octanol–water partition coefficient (Wildman–Crippen LogP) is 4.15. The van der Waals surface area contributed by atoms with Crippen LogP contribution >= 0.6 is 35.3 Å². The third-order valence-electron chi connectivity index (χ3n) is 3.75. The second-order valence-corrected chi connectivity index (χ2v) is 6.51. The fraction of sp³-hybridized carbons (Fsp3) is 0.389. The minimum absolute atomic E-state index is 0. The summed E-state index contributed by atoms with van der Waals surface area (Å²) in [6, 6.07) is 10.5. The van der Waals surface area contributed by atoms with Crippen molar-refractivity contribution in [2.24, 2.45) is 4.99 Å². The van der Waals surface area contributed by atoms with Crippen LogP contribution in [0.2, 0.25) is 0 Å². The summed E-state index contributed by atoms with van der Waals surface area (Å²) < 4.78 is 5.29. The molecular weight excluding hydrogens is 433 g/mol. The van der Waals surface area contributed by atoms with E-state index in [1.807, 2.05) is 6.07 Å². The molecule has 1 unspecified atom stereocenters. The van der Waals surface area contributed by atoms with Crippen LogP contribution in [0.25, 0.3) is 0 Å². The third kappa shape index (κ3) is 5.98. The number of rotatable bonds is 6. The lowest BCUT2D eigenvalue weighted by molar-refractivity contribution is 0.411. The van der Waals surface area contributed by atoms with Crippen molar-refractivity contribution >= 4 is 41.3 Å². The molecule has 6 heteroatoms. The van der Waals surface area contributed by atoms with E-state index in [2.05, 4.69) is 59.1 Å². The van der Waals surface area contributed by atoms with Gasteiger partial charge in [-0.05, 0) is 35.6 Å². The fourth-order valence-corrected chi connectivity index (χ4v) is 3.17. The molecule has 1 heterocycles. The number of methoxy groups -OCH3 is 1. The Hall–Kier alpha value is -1.28. The van der Waals surface area contributed by atoms with Gasteiger partial charge in [0.05, 0.1) is 7.11 Å². The van der Waals surface area contributed by atoms with Crippen LogP contribution in [-0.4, -0.2) is 26.7 Å². The molecule has 0 bridgehead atoms. The first kappa shape index (κ1) is 20.8. The number of guanidine groups is 1. The highest BCUT2D eigenvalue weighted by atomic mass is 127. The van der Waals surface area contributed by atoms with Gasteiger partial charge >= 0.3 is 0 Å². The predicted molar refractivity (Wildman–Crippen MR) is 114 cm³/mol. The molecule has 1 atom stereocenters. The lowest BCUT2D eigenvalue weighted by Gasteiger charge is -2.15. The third-order valence-corrected chi connectivity index (χ3v) is 4.85. The quantitative estimate of drug-likeness (QED) is 0.388. The Morgan fingerprint density at radius 1 is 1.29 bits per heavy atom. The number of hydrogen-bond acceptors (Lipinski definition) is 3. The molecule has 4 nitrogen and oxygen atoms in total. The first-order valence-corrected chi connectivity index (χ1v) is 8.63. The first-order valence-electron chi connectivity index (χ1n) is 7.75. The summed E-state index contributed by atoms with van der Waals surface area (Å²) in [4.78, 5) is 5.67. The van der Waals surface area contributed by atoms with Gasteiger partial charge in [0.1, 0.15) is 5.75 Å². The fourth-order valence-electron chi connectivity index (χ4n) is 2.38. The zero-order chi connectivity index (χ0) is 16.7.